The molecule has 0 aromatic carbocycles. The van der Waals surface area contributed by atoms with Crippen molar-refractivity contribution in [2.75, 3.05) is 13.6 Å². The van der Waals surface area contributed by atoms with Crippen LogP contribution < -0.4 is 5.32 Å². The SMILES string of the molecule is CCc1ccc(-c2nnc(CCNC)o2)o1. The van der Waals surface area contributed by atoms with Crippen molar-refractivity contribution in [1.82, 2.24) is 15.5 Å². The molecule has 5 heteroatoms. The zero-order chi connectivity index (χ0) is 11.4. The lowest BCUT2D eigenvalue weighted by Gasteiger charge is -1.92. The van der Waals surface area contributed by atoms with Crippen LogP contribution in [-0.2, 0) is 12.8 Å². The highest BCUT2D eigenvalue weighted by Crippen LogP contribution is 2.21. The average Bonchev–Trinajstić information content (AvgIpc) is 2.94. The molecule has 2 aromatic heterocycles. The Labute approximate surface area is 93.9 Å². The van der Waals surface area contributed by atoms with Gasteiger partial charge in [-0.2, -0.15) is 0 Å². The fraction of sp³-hybridized carbons (Fsp3) is 0.455. The van der Waals surface area contributed by atoms with Crippen LogP contribution in [0.1, 0.15) is 18.6 Å². The van der Waals surface area contributed by atoms with Crippen molar-refractivity contribution < 1.29 is 8.83 Å². The van der Waals surface area contributed by atoms with Crippen LogP contribution in [0.15, 0.2) is 21.0 Å². The molecule has 2 aromatic rings. The molecule has 0 amide bonds. The summed E-state index contributed by atoms with van der Waals surface area (Å²) in [6.07, 6.45) is 1.59. The molecule has 0 fully saturated rings. The van der Waals surface area contributed by atoms with Crippen molar-refractivity contribution in [2.24, 2.45) is 0 Å². The van der Waals surface area contributed by atoms with E-state index in [0.29, 0.717) is 17.5 Å². The van der Waals surface area contributed by atoms with Crippen LogP contribution in [-0.4, -0.2) is 23.8 Å². The van der Waals surface area contributed by atoms with Gasteiger partial charge in [-0.15, -0.1) is 10.2 Å². The molecule has 0 spiro atoms. The normalized spacial score (nSPS) is 10.9. The topological polar surface area (TPSA) is 64.1 Å². The van der Waals surface area contributed by atoms with Crippen LogP contribution >= 0.6 is 0 Å². The second kappa shape index (κ2) is 4.94. The summed E-state index contributed by atoms with van der Waals surface area (Å²) in [5, 5.41) is 10.9. The first-order valence-electron chi connectivity index (χ1n) is 5.39. The van der Waals surface area contributed by atoms with Crippen molar-refractivity contribution in [3.63, 3.8) is 0 Å². The van der Waals surface area contributed by atoms with Gasteiger partial charge in [-0.05, 0) is 19.2 Å². The predicted molar refractivity (Wildman–Crippen MR) is 59.0 cm³/mol. The second-order valence-corrected chi connectivity index (χ2v) is 3.47. The minimum atomic E-state index is 0.450. The second-order valence-electron chi connectivity index (χ2n) is 3.47. The fourth-order valence-corrected chi connectivity index (χ4v) is 1.37. The van der Waals surface area contributed by atoms with Gasteiger partial charge in [0.05, 0.1) is 0 Å². The number of aromatic nitrogens is 2. The lowest BCUT2D eigenvalue weighted by atomic mass is 10.3. The molecule has 0 saturated heterocycles. The first kappa shape index (κ1) is 10.9. The summed E-state index contributed by atoms with van der Waals surface area (Å²) in [5.74, 6) is 2.63. The van der Waals surface area contributed by atoms with Gasteiger partial charge in [0.15, 0.2) is 5.76 Å². The Bertz CT molecular complexity index is 448. The van der Waals surface area contributed by atoms with Gasteiger partial charge in [-0.1, -0.05) is 6.92 Å². The highest BCUT2D eigenvalue weighted by molar-refractivity contribution is 5.43. The van der Waals surface area contributed by atoms with Crippen LogP contribution in [0.2, 0.25) is 0 Å². The molecule has 1 N–H and O–H groups in total. The highest BCUT2D eigenvalue weighted by atomic mass is 16.4. The van der Waals surface area contributed by atoms with Crippen molar-refractivity contribution >= 4 is 0 Å². The molecule has 0 atom stereocenters. The molecule has 0 saturated carbocycles. The Morgan fingerprint density at radius 2 is 2.12 bits per heavy atom. The molecule has 2 heterocycles. The molecule has 5 nitrogen and oxygen atoms in total. The van der Waals surface area contributed by atoms with Gasteiger partial charge >= 0.3 is 0 Å². The smallest absolute Gasteiger partial charge is 0.283 e. The van der Waals surface area contributed by atoms with Crippen molar-refractivity contribution in [1.29, 1.82) is 0 Å². The van der Waals surface area contributed by atoms with Gasteiger partial charge in [-0.25, -0.2) is 0 Å². The van der Waals surface area contributed by atoms with E-state index in [1.165, 1.54) is 0 Å². The molecule has 86 valence electrons. The molecular weight excluding hydrogens is 206 g/mol. The lowest BCUT2D eigenvalue weighted by Crippen LogP contribution is -2.10. The maximum absolute atomic E-state index is 5.52. The third-order valence-corrected chi connectivity index (χ3v) is 2.28. The summed E-state index contributed by atoms with van der Waals surface area (Å²) in [7, 11) is 1.89. The van der Waals surface area contributed by atoms with E-state index in [-0.39, 0.29) is 0 Å². The largest absolute Gasteiger partial charge is 0.456 e. The number of nitrogens with one attached hydrogen (secondary N) is 1. The Hall–Kier alpha value is -1.62. The van der Waals surface area contributed by atoms with Gasteiger partial charge < -0.3 is 14.2 Å². The Kier molecular flexibility index (Phi) is 3.36. The van der Waals surface area contributed by atoms with E-state index in [0.717, 1.165) is 25.1 Å². The number of rotatable bonds is 5. The number of nitrogens with zero attached hydrogens (tertiary/aromatic N) is 2. The lowest BCUT2D eigenvalue weighted by molar-refractivity contribution is 0.465. The molecule has 0 aliphatic rings. The average molecular weight is 221 g/mol. The fourth-order valence-electron chi connectivity index (χ4n) is 1.37. The van der Waals surface area contributed by atoms with Crippen molar-refractivity contribution in [3.8, 4) is 11.7 Å². The zero-order valence-electron chi connectivity index (χ0n) is 9.49. The number of hydrogen-bond donors (Lipinski definition) is 1. The Morgan fingerprint density at radius 1 is 1.25 bits per heavy atom. The van der Waals surface area contributed by atoms with Crippen LogP contribution in [0.4, 0.5) is 0 Å². The summed E-state index contributed by atoms with van der Waals surface area (Å²) in [4.78, 5) is 0. The Morgan fingerprint density at radius 3 is 2.81 bits per heavy atom. The molecule has 0 radical (unpaired) electrons. The summed E-state index contributed by atoms with van der Waals surface area (Å²) in [5.41, 5.74) is 0. The summed E-state index contributed by atoms with van der Waals surface area (Å²) in [6, 6.07) is 3.78. The third kappa shape index (κ3) is 2.30. The van der Waals surface area contributed by atoms with E-state index in [1.807, 2.05) is 26.1 Å². The first-order chi connectivity index (χ1) is 7.83. The number of likely N-dealkylation sites (N-methyl/N-ethyl adjacent to an activating group) is 1. The van der Waals surface area contributed by atoms with E-state index in [4.69, 9.17) is 8.83 Å². The van der Waals surface area contributed by atoms with Gasteiger partial charge in [0.25, 0.3) is 5.89 Å². The monoisotopic (exact) mass is 221 g/mol. The summed E-state index contributed by atoms with van der Waals surface area (Å²) < 4.78 is 11.0. The van der Waals surface area contributed by atoms with Gasteiger partial charge in [0.2, 0.25) is 5.89 Å². The number of furan rings is 1. The predicted octanol–water partition coefficient (Wildman–Crippen LogP) is 1.65. The van der Waals surface area contributed by atoms with Crippen LogP contribution in [0.25, 0.3) is 11.7 Å². The first-order valence-corrected chi connectivity index (χ1v) is 5.39. The van der Waals surface area contributed by atoms with E-state index in [9.17, 15) is 0 Å². The molecule has 0 unspecified atom stereocenters. The molecule has 0 aliphatic heterocycles. The van der Waals surface area contributed by atoms with E-state index >= 15 is 0 Å². The number of hydrogen-bond acceptors (Lipinski definition) is 5. The minimum absolute atomic E-state index is 0.450. The molecule has 2 rings (SSSR count). The quantitative estimate of drug-likeness (QED) is 0.831. The van der Waals surface area contributed by atoms with E-state index in [1.54, 1.807) is 0 Å². The van der Waals surface area contributed by atoms with E-state index in [2.05, 4.69) is 15.5 Å². The molecule has 16 heavy (non-hydrogen) atoms. The maximum atomic E-state index is 5.52. The van der Waals surface area contributed by atoms with Gasteiger partial charge in [0, 0.05) is 19.4 Å². The molecule has 0 aliphatic carbocycles. The Balaban J connectivity index is 2.11. The molecular formula is C11H15N3O2. The molecule has 0 bridgehead atoms. The highest BCUT2D eigenvalue weighted by Gasteiger charge is 2.11. The minimum Gasteiger partial charge on any atom is -0.456 e. The van der Waals surface area contributed by atoms with Crippen molar-refractivity contribution in [2.45, 2.75) is 19.8 Å². The van der Waals surface area contributed by atoms with Crippen molar-refractivity contribution in [3.05, 3.63) is 23.8 Å². The van der Waals surface area contributed by atoms with E-state index < -0.39 is 0 Å². The van der Waals surface area contributed by atoms with Gasteiger partial charge in [0.1, 0.15) is 5.76 Å². The standard InChI is InChI=1S/C11H15N3O2/c1-3-8-4-5-9(15-8)11-14-13-10(16-11)6-7-12-2/h4-5,12H,3,6-7H2,1-2H3. The summed E-state index contributed by atoms with van der Waals surface area (Å²) in [6.45, 7) is 2.86. The summed E-state index contributed by atoms with van der Waals surface area (Å²) >= 11 is 0. The van der Waals surface area contributed by atoms with Crippen LogP contribution in [0.5, 0.6) is 0 Å². The number of aryl methyl sites for hydroxylation is 1. The maximum Gasteiger partial charge on any atom is 0.283 e. The zero-order valence-corrected chi connectivity index (χ0v) is 9.49. The third-order valence-electron chi connectivity index (χ3n) is 2.28. The van der Waals surface area contributed by atoms with Crippen LogP contribution in [0.3, 0.4) is 0 Å². The van der Waals surface area contributed by atoms with Crippen LogP contribution in [0, 0.1) is 0 Å². The van der Waals surface area contributed by atoms with Gasteiger partial charge in [-0.3, -0.25) is 0 Å².